The van der Waals surface area contributed by atoms with Crippen LogP contribution in [0.1, 0.15) is 23.2 Å². The molecule has 1 aliphatic heterocycles. The van der Waals surface area contributed by atoms with Crippen molar-refractivity contribution in [3.8, 4) is 5.75 Å². The fraction of sp³-hybridized carbons (Fsp3) is 0.227. The number of rotatable bonds is 5. The standard InChI is InChI=1S/C22H21N3O4/c23-19(26)18-6-3-11-24-20(18)25-12-9-22(10-13-25,21(27)28)29-17-8-7-15-4-1-2-5-16(15)14-17/h1-8,11,14H,9-10,12-13H2,(H2,23,26)(H,27,28). The zero-order chi connectivity index (χ0) is 20.4. The maximum atomic E-state index is 12.1. The van der Waals surface area contributed by atoms with E-state index in [1.807, 2.05) is 41.3 Å². The minimum absolute atomic E-state index is 0.254. The van der Waals surface area contributed by atoms with Crippen LogP contribution >= 0.6 is 0 Å². The Balaban J connectivity index is 1.56. The SMILES string of the molecule is NC(=O)c1cccnc1N1CCC(Oc2ccc3ccccc3c2)(C(=O)O)CC1. The van der Waals surface area contributed by atoms with E-state index in [4.69, 9.17) is 10.5 Å². The van der Waals surface area contributed by atoms with Crippen molar-refractivity contribution in [1.29, 1.82) is 0 Å². The molecule has 1 fully saturated rings. The summed E-state index contributed by atoms with van der Waals surface area (Å²) in [5, 5.41) is 12.0. The largest absolute Gasteiger partial charge is 0.478 e. The number of fused-ring (bicyclic) bond motifs is 1. The van der Waals surface area contributed by atoms with E-state index in [1.165, 1.54) is 0 Å². The number of nitrogens with two attached hydrogens (primary N) is 1. The van der Waals surface area contributed by atoms with Crippen LogP contribution in [0, 0.1) is 0 Å². The summed E-state index contributed by atoms with van der Waals surface area (Å²) in [5.41, 5.74) is 4.44. The summed E-state index contributed by atoms with van der Waals surface area (Å²) >= 11 is 0. The number of carboxylic acid groups (broad SMARTS) is 1. The molecule has 1 saturated heterocycles. The van der Waals surface area contributed by atoms with Gasteiger partial charge in [-0.3, -0.25) is 4.79 Å². The van der Waals surface area contributed by atoms with Crippen molar-refractivity contribution < 1.29 is 19.4 Å². The van der Waals surface area contributed by atoms with E-state index in [9.17, 15) is 14.7 Å². The van der Waals surface area contributed by atoms with Crippen molar-refractivity contribution in [2.24, 2.45) is 5.73 Å². The number of carbonyl (C=O) groups is 2. The molecule has 0 saturated carbocycles. The van der Waals surface area contributed by atoms with Gasteiger partial charge < -0.3 is 20.5 Å². The first-order chi connectivity index (χ1) is 14.0. The second kappa shape index (κ2) is 7.43. The van der Waals surface area contributed by atoms with Gasteiger partial charge in [-0.1, -0.05) is 30.3 Å². The second-order valence-corrected chi connectivity index (χ2v) is 7.14. The summed E-state index contributed by atoms with van der Waals surface area (Å²) in [5.74, 6) is -0.558. The Morgan fingerprint density at radius 2 is 1.76 bits per heavy atom. The van der Waals surface area contributed by atoms with Gasteiger partial charge in [0.25, 0.3) is 5.91 Å². The van der Waals surface area contributed by atoms with Crippen LogP contribution in [-0.4, -0.2) is 40.7 Å². The van der Waals surface area contributed by atoms with Crippen molar-refractivity contribution in [1.82, 2.24) is 4.98 Å². The first-order valence-electron chi connectivity index (χ1n) is 9.39. The smallest absolute Gasteiger partial charge is 0.348 e. The van der Waals surface area contributed by atoms with Gasteiger partial charge in [-0.2, -0.15) is 0 Å². The van der Waals surface area contributed by atoms with Gasteiger partial charge in [0.1, 0.15) is 11.6 Å². The number of ether oxygens (including phenoxy) is 1. The van der Waals surface area contributed by atoms with Crippen molar-refractivity contribution >= 4 is 28.5 Å². The van der Waals surface area contributed by atoms with Gasteiger partial charge in [0.2, 0.25) is 5.60 Å². The number of aromatic nitrogens is 1. The highest BCUT2D eigenvalue weighted by Gasteiger charge is 2.44. The van der Waals surface area contributed by atoms with Gasteiger partial charge >= 0.3 is 5.97 Å². The Morgan fingerprint density at radius 1 is 1.03 bits per heavy atom. The van der Waals surface area contributed by atoms with Crippen molar-refractivity contribution in [2.75, 3.05) is 18.0 Å². The van der Waals surface area contributed by atoms with Crippen LogP contribution < -0.4 is 15.4 Å². The zero-order valence-corrected chi connectivity index (χ0v) is 15.7. The average molecular weight is 391 g/mol. The lowest BCUT2D eigenvalue weighted by Crippen LogP contribution is -2.53. The third-order valence-corrected chi connectivity index (χ3v) is 5.35. The van der Waals surface area contributed by atoms with Crippen LogP contribution in [0.25, 0.3) is 10.8 Å². The molecular formula is C22H21N3O4. The molecule has 2 heterocycles. The number of hydrogen-bond acceptors (Lipinski definition) is 5. The molecule has 0 spiro atoms. The quantitative estimate of drug-likeness (QED) is 0.693. The number of hydrogen-bond donors (Lipinski definition) is 2. The van der Waals surface area contributed by atoms with Crippen molar-refractivity contribution in [3.63, 3.8) is 0 Å². The number of primary amides is 1. The maximum absolute atomic E-state index is 12.1. The molecule has 0 bridgehead atoms. The predicted molar refractivity (Wildman–Crippen MR) is 109 cm³/mol. The van der Waals surface area contributed by atoms with Crippen LogP contribution in [0.5, 0.6) is 5.75 Å². The molecule has 148 valence electrons. The molecule has 0 unspecified atom stereocenters. The van der Waals surface area contributed by atoms with E-state index in [-0.39, 0.29) is 12.8 Å². The molecule has 7 nitrogen and oxygen atoms in total. The van der Waals surface area contributed by atoms with Gasteiger partial charge in [-0.15, -0.1) is 0 Å². The lowest BCUT2D eigenvalue weighted by Gasteiger charge is -2.39. The number of amides is 1. The fourth-order valence-corrected chi connectivity index (χ4v) is 3.74. The molecule has 7 heteroatoms. The fourth-order valence-electron chi connectivity index (χ4n) is 3.74. The van der Waals surface area contributed by atoms with E-state index >= 15 is 0 Å². The van der Waals surface area contributed by atoms with Gasteiger partial charge in [0.15, 0.2) is 0 Å². The normalized spacial score (nSPS) is 15.8. The topological polar surface area (TPSA) is 106 Å². The molecular weight excluding hydrogens is 370 g/mol. The molecule has 1 amide bonds. The van der Waals surface area contributed by atoms with Gasteiger partial charge in [-0.25, -0.2) is 9.78 Å². The summed E-state index contributed by atoms with van der Waals surface area (Å²) in [6, 6.07) is 16.7. The number of anilines is 1. The van der Waals surface area contributed by atoms with Crippen molar-refractivity contribution in [2.45, 2.75) is 18.4 Å². The van der Waals surface area contributed by atoms with E-state index in [0.29, 0.717) is 30.2 Å². The van der Waals surface area contributed by atoms with Crippen LogP contribution in [0.3, 0.4) is 0 Å². The number of benzene rings is 2. The van der Waals surface area contributed by atoms with Crippen LogP contribution in [0.2, 0.25) is 0 Å². The van der Waals surface area contributed by atoms with Crippen LogP contribution in [0.4, 0.5) is 5.82 Å². The molecule has 29 heavy (non-hydrogen) atoms. The minimum Gasteiger partial charge on any atom is -0.478 e. The number of carbonyl (C=O) groups excluding carboxylic acids is 1. The third-order valence-electron chi connectivity index (χ3n) is 5.35. The Hall–Kier alpha value is -3.61. The predicted octanol–water partition coefficient (Wildman–Crippen LogP) is 2.84. The number of pyridine rings is 1. The summed E-state index contributed by atoms with van der Waals surface area (Å²) in [7, 11) is 0. The third kappa shape index (κ3) is 3.59. The molecule has 2 aromatic carbocycles. The summed E-state index contributed by atoms with van der Waals surface area (Å²) < 4.78 is 6.04. The highest BCUT2D eigenvalue weighted by atomic mass is 16.5. The molecule has 1 aromatic heterocycles. The summed E-state index contributed by atoms with van der Waals surface area (Å²) in [6.07, 6.45) is 2.10. The van der Waals surface area contributed by atoms with Crippen molar-refractivity contribution in [3.05, 3.63) is 66.4 Å². The Bertz CT molecular complexity index is 1070. The Kier molecular flexibility index (Phi) is 4.80. The van der Waals surface area contributed by atoms with Gasteiger partial charge in [0, 0.05) is 32.1 Å². The molecule has 1 aliphatic rings. The van der Waals surface area contributed by atoms with E-state index in [2.05, 4.69) is 4.98 Å². The highest BCUT2D eigenvalue weighted by molar-refractivity contribution is 5.97. The van der Waals surface area contributed by atoms with Gasteiger partial charge in [0.05, 0.1) is 5.56 Å². The van der Waals surface area contributed by atoms with E-state index in [1.54, 1.807) is 24.4 Å². The minimum atomic E-state index is -1.33. The summed E-state index contributed by atoms with van der Waals surface area (Å²) in [6.45, 7) is 0.772. The monoisotopic (exact) mass is 391 g/mol. The average Bonchev–Trinajstić information content (AvgIpc) is 2.74. The highest BCUT2D eigenvalue weighted by Crippen LogP contribution is 2.33. The zero-order valence-electron chi connectivity index (χ0n) is 15.7. The Morgan fingerprint density at radius 3 is 2.45 bits per heavy atom. The lowest BCUT2D eigenvalue weighted by atomic mass is 9.90. The first-order valence-corrected chi connectivity index (χ1v) is 9.39. The number of aliphatic carboxylic acids is 1. The second-order valence-electron chi connectivity index (χ2n) is 7.14. The molecule has 3 N–H and O–H groups in total. The molecule has 4 rings (SSSR count). The summed E-state index contributed by atoms with van der Waals surface area (Å²) in [4.78, 5) is 30.0. The maximum Gasteiger partial charge on any atom is 0.348 e. The number of piperidine rings is 1. The van der Waals surface area contributed by atoms with Crippen LogP contribution in [-0.2, 0) is 4.79 Å². The number of carboxylic acids is 1. The van der Waals surface area contributed by atoms with Gasteiger partial charge in [-0.05, 0) is 35.0 Å². The van der Waals surface area contributed by atoms with Crippen LogP contribution in [0.15, 0.2) is 60.8 Å². The molecule has 0 radical (unpaired) electrons. The van der Waals surface area contributed by atoms with E-state index in [0.717, 1.165) is 10.8 Å². The lowest BCUT2D eigenvalue weighted by molar-refractivity contribution is -0.157. The number of nitrogens with zero attached hydrogens (tertiary/aromatic N) is 2. The molecule has 0 aliphatic carbocycles. The molecule has 3 aromatic rings. The Labute approximate surface area is 167 Å². The molecule has 0 atom stereocenters. The van der Waals surface area contributed by atoms with E-state index < -0.39 is 17.5 Å². The first kappa shape index (κ1) is 18.7.